The first-order valence-electron chi connectivity index (χ1n) is 9.34. The van der Waals surface area contributed by atoms with E-state index in [1.54, 1.807) is 0 Å². The molecule has 3 rings (SSSR count). The van der Waals surface area contributed by atoms with Crippen molar-refractivity contribution in [2.45, 2.75) is 25.8 Å². The van der Waals surface area contributed by atoms with E-state index >= 15 is 0 Å². The Morgan fingerprint density at radius 3 is 2.64 bits per heavy atom. The highest BCUT2D eigenvalue weighted by atomic mass is 19.1. The first kappa shape index (κ1) is 18.1. The molecule has 0 radical (unpaired) electrons. The number of hydrogen-bond acceptors (Lipinski definition) is 4. The van der Waals surface area contributed by atoms with Crippen LogP contribution < -0.4 is 11.1 Å². The first-order chi connectivity index (χ1) is 13.7. The molecule has 2 atom stereocenters. The van der Waals surface area contributed by atoms with Crippen LogP contribution in [0, 0.1) is 11.7 Å². The van der Waals surface area contributed by atoms with E-state index in [4.69, 9.17) is 7.10 Å². The first-order valence-corrected chi connectivity index (χ1v) is 8.84. The zero-order valence-corrected chi connectivity index (χ0v) is 15.3. The fourth-order valence-electron chi connectivity index (χ4n) is 3.13. The van der Waals surface area contributed by atoms with Crippen molar-refractivity contribution in [2.75, 3.05) is 11.9 Å². The van der Waals surface area contributed by atoms with E-state index in [1.165, 1.54) is 47.6 Å². The largest absolute Gasteiger partial charge is 0.366 e. The summed E-state index contributed by atoms with van der Waals surface area (Å²) in [5.74, 6) is -2.91. The van der Waals surface area contributed by atoms with Crippen LogP contribution in [0.15, 0.2) is 42.7 Å². The van der Waals surface area contributed by atoms with Gasteiger partial charge in [-0.15, -0.1) is 0 Å². The van der Waals surface area contributed by atoms with Crippen LogP contribution in [0.5, 0.6) is 0 Å². The van der Waals surface area contributed by atoms with Gasteiger partial charge in [-0.2, -0.15) is 0 Å². The van der Waals surface area contributed by atoms with Gasteiger partial charge >= 0.3 is 11.8 Å². The highest BCUT2D eigenvalue weighted by Crippen LogP contribution is 2.33. The van der Waals surface area contributed by atoms with Crippen LogP contribution in [-0.2, 0) is 9.59 Å². The van der Waals surface area contributed by atoms with Gasteiger partial charge in [-0.25, -0.2) is 4.39 Å². The van der Waals surface area contributed by atoms with E-state index in [1.807, 2.05) is 6.92 Å². The molecular weight excluding hydrogens is 363 g/mol. The number of nitrogens with two attached hydrogens (primary N) is 1. The van der Waals surface area contributed by atoms with Crippen molar-refractivity contribution in [3.8, 4) is 0 Å². The minimum Gasteiger partial charge on any atom is -0.366 e. The molecule has 146 valence electrons. The summed E-state index contributed by atoms with van der Waals surface area (Å²) in [6.07, 6.45) is 3.54. The van der Waals surface area contributed by atoms with E-state index in [0.717, 1.165) is 0 Å². The van der Waals surface area contributed by atoms with Gasteiger partial charge in [0, 0.05) is 12.7 Å². The highest BCUT2D eigenvalue weighted by Gasteiger charge is 2.34. The predicted molar refractivity (Wildman–Crippen MR) is 101 cm³/mol. The summed E-state index contributed by atoms with van der Waals surface area (Å²) >= 11 is 0. The third kappa shape index (κ3) is 4.33. The molecule has 1 aliphatic rings. The molecular formula is C20H21FN4O3. The van der Waals surface area contributed by atoms with Crippen molar-refractivity contribution in [2.24, 2.45) is 11.7 Å². The third-order valence-corrected chi connectivity index (χ3v) is 4.59. The number of benzene rings is 1. The number of amides is 3. The number of primary amides is 1. The van der Waals surface area contributed by atoms with E-state index in [-0.39, 0.29) is 23.7 Å². The smallest absolute Gasteiger partial charge is 0.313 e. The summed E-state index contributed by atoms with van der Waals surface area (Å²) < 4.78 is 22.2. The zero-order valence-electron chi connectivity index (χ0n) is 16.3. The number of rotatable bonds is 3. The molecule has 8 heteroatoms. The molecule has 3 N–H and O–H groups in total. The average Bonchev–Trinajstić information content (AvgIpc) is 2.70. The number of nitrogens with one attached hydrogen (secondary N) is 1. The molecule has 3 amide bonds. The molecule has 1 aliphatic heterocycles. The Labute approximate surface area is 163 Å². The van der Waals surface area contributed by atoms with E-state index in [0.29, 0.717) is 18.4 Å². The number of halogens is 1. The summed E-state index contributed by atoms with van der Waals surface area (Å²) in [6, 6.07) is 5.20. The summed E-state index contributed by atoms with van der Waals surface area (Å²) in [7, 11) is 0. The van der Waals surface area contributed by atoms with Crippen molar-refractivity contribution in [3.63, 3.8) is 0 Å². The average molecular weight is 385 g/mol. The second kappa shape index (κ2) is 8.16. The lowest BCUT2D eigenvalue weighted by Crippen LogP contribution is -2.46. The second-order valence-corrected chi connectivity index (χ2v) is 6.79. The molecule has 1 saturated heterocycles. The van der Waals surface area contributed by atoms with Crippen LogP contribution in [-0.4, -0.2) is 34.2 Å². The molecule has 1 fully saturated rings. The summed E-state index contributed by atoms with van der Waals surface area (Å²) in [5, 5.41) is 2.40. The third-order valence-electron chi connectivity index (χ3n) is 4.59. The Morgan fingerprint density at radius 1 is 1.25 bits per heavy atom. The maximum Gasteiger partial charge on any atom is 0.313 e. The van der Waals surface area contributed by atoms with Gasteiger partial charge in [-0.05, 0) is 42.5 Å². The number of piperidine rings is 1. The van der Waals surface area contributed by atoms with Crippen molar-refractivity contribution in [3.05, 3.63) is 59.7 Å². The van der Waals surface area contributed by atoms with Gasteiger partial charge < -0.3 is 16.0 Å². The van der Waals surface area contributed by atoms with Gasteiger partial charge in [-0.1, -0.05) is 19.1 Å². The number of anilines is 1. The van der Waals surface area contributed by atoms with Crippen molar-refractivity contribution in [1.29, 1.82) is 0 Å². The van der Waals surface area contributed by atoms with Crippen LogP contribution in [0.1, 0.15) is 43.1 Å². The van der Waals surface area contributed by atoms with E-state index in [2.05, 4.69) is 10.3 Å². The Bertz CT molecular complexity index is 953. The number of nitrogens with zero attached hydrogens (tertiary/aromatic N) is 2. The monoisotopic (exact) mass is 385 g/mol. The predicted octanol–water partition coefficient (Wildman–Crippen LogP) is 2.26. The number of likely N-dealkylation sites (tertiary alicyclic amines) is 1. The lowest BCUT2D eigenvalue weighted by atomic mass is 9.90. The summed E-state index contributed by atoms with van der Waals surface area (Å²) in [6.45, 7) is 2.15. The van der Waals surface area contributed by atoms with Crippen LogP contribution in [0.25, 0.3) is 0 Å². The Hall–Kier alpha value is -3.29. The summed E-state index contributed by atoms with van der Waals surface area (Å²) in [5.41, 5.74) is 5.86. The maximum absolute atomic E-state index is 13.3. The number of carbonyl (C=O) groups is 3. The summed E-state index contributed by atoms with van der Waals surface area (Å²) in [4.78, 5) is 41.8. The van der Waals surface area contributed by atoms with Gasteiger partial charge in [0.25, 0.3) is 0 Å². The number of carbonyl (C=O) groups excluding carboxylic acids is 3. The molecule has 0 saturated carbocycles. The molecule has 28 heavy (non-hydrogen) atoms. The van der Waals surface area contributed by atoms with Crippen LogP contribution in [0.2, 0.25) is 0 Å². The van der Waals surface area contributed by atoms with Gasteiger partial charge in [-0.3, -0.25) is 19.4 Å². The molecule has 1 aromatic carbocycles. The fraction of sp³-hybridized carbons (Fsp3) is 0.300. The quantitative estimate of drug-likeness (QED) is 0.791. The SMILES string of the molecule is [2H][C@]1(c2ccc(F)cc2)CC[C@@H](C)CN1C(=O)C(=O)Nc1cncc(C(N)=O)c1. The zero-order chi connectivity index (χ0) is 21.2. The standard InChI is InChI=1S/C20H21FN4O3/c1-12-2-7-17(13-3-5-15(21)6-4-13)25(11-12)20(28)19(27)24-16-8-14(18(22)26)9-23-10-16/h3-6,8-10,12,17H,2,7,11H2,1H3,(H2,22,26)(H,24,27)/t12-,17-/m1/s1/i17D. The Kier molecular flexibility index (Phi) is 5.27. The van der Waals surface area contributed by atoms with E-state index in [9.17, 15) is 18.8 Å². The van der Waals surface area contributed by atoms with Gasteiger partial charge in [0.1, 0.15) is 5.82 Å². The van der Waals surface area contributed by atoms with Gasteiger partial charge in [0.15, 0.2) is 0 Å². The molecule has 2 aromatic rings. The minimum absolute atomic E-state index is 0.0861. The van der Waals surface area contributed by atoms with Crippen molar-refractivity contribution >= 4 is 23.4 Å². The van der Waals surface area contributed by atoms with Crippen molar-refractivity contribution in [1.82, 2.24) is 9.88 Å². The lowest BCUT2D eigenvalue weighted by molar-refractivity contribution is -0.146. The van der Waals surface area contributed by atoms with Crippen LogP contribution in [0.3, 0.4) is 0 Å². The van der Waals surface area contributed by atoms with E-state index < -0.39 is 29.6 Å². The van der Waals surface area contributed by atoms with Gasteiger partial charge in [0.05, 0.1) is 24.8 Å². The molecule has 0 spiro atoms. The number of aromatic nitrogens is 1. The molecule has 0 unspecified atom stereocenters. The molecule has 7 nitrogen and oxygen atoms in total. The Balaban J connectivity index is 1.85. The molecule has 0 aliphatic carbocycles. The van der Waals surface area contributed by atoms with Crippen molar-refractivity contribution < 1.29 is 20.1 Å². The molecule has 1 aromatic heterocycles. The van der Waals surface area contributed by atoms with Crippen LogP contribution >= 0.6 is 0 Å². The molecule has 2 heterocycles. The van der Waals surface area contributed by atoms with Gasteiger partial charge in [0.2, 0.25) is 5.91 Å². The second-order valence-electron chi connectivity index (χ2n) is 6.79. The lowest BCUT2D eigenvalue weighted by Gasteiger charge is -2.38. The van der Waals surface area contributed by atoms with Crippen LogP contribution in [0.4, 0.5) is 10.1 Å². The Morgan fingerprint density at radius 2 is 1.96 bits per heavy atom. The number of pyridine rings is 1. The topological polar surface area (TPSA) is 105 Å². The maximum atomic E-state index is 13.3. The number of hydrogen-bond donors (Lipinski definition) is 2. The molecule has 0 bridgehead atoms. The normalized spacial score (nSPS) is 22.3. The highest BCUT2D eigenvalue weighted by molar-refractivity contribution is 6.39. The fourth-order valence-corrected chi connectivity index (χ4v) is 3.13. The minimum atomic E-state index is -1.48.